The number of furan rings is 1. The Kier molecular flexibility index (Phi) is 2.89. The molecule has 2 aromatic carbocycles. The number of carbonyl (C=O) groups excluding carboxylic acids is 1. The summed E-state index contributed by atoms with van der Waals surface area (Å²) in [6, 6.07) is 13.7. The second-order valence-corrected chi connectivity index (χ2v) is 5.30. The van der Waals surface area contributed by atoms with Gasteiger partial charge in [0.2, 0.25) is 0 Å². The molecule has 0 bridgehead atoms. The van der Waals surface area contributed by atoms with E-state index in [4.69, 9.17) is 9.15 Å². The molecule has 1 N–H and O–H groups in total. The van der Waals surface area contributed by atoms with E-state index in [1.165, 1.54) is 0 Å². The zero-order valence-electron chi connectivity index (χ0n) is 11.5. The van der Waals surface area contributed by atoms with Crippen LogP contribution in [-0.4, -0.2) is 18.6 Å². The molecule has 4 rings (SSSR count). The summed E-state index contributed by atoms with van der Waals surface area (Å²) in [6.45, 7) is 0.667. The SMILES string of the molecule is O=C(Nc1ccc2c(c1)oc1ccccc12)C1CCCO1. The van der Waals surface area contributed by atoms with Crippen LogP contribution < -0.4 is 5.32 Å². The predicted molar refractivity (Wildman–Crippen MR) is 81.3 cm³/mol. The van der Waals surface area contributed by atoms with Crippen LogP contribution in [0.4, 0.5) is 5.69 Å². The number of rotatable bonds is 2. The fraction of sp³-hybridized carbons (Fsp3) is 0.235. The molecule has 0 spiro atoms. The molecule has 106 valence electrons. The van der Waals surface area contributed by atoms with Gasteiger partial charge in [-0.25, -0.2) is 0 Å². The van der Waals surface area contributed by atoms with Crippen LogP contribution in [0.1, 0.15) is 12.8 Å². The van der Waals surface area contributed by atoms with Crippen molar-refractivity contribution in [2.24, 2.45) is 0 Å². The first-order valence-electron chi connectivity index (χ1n) is 7.15. The van der Waals surface area contributed by atoms with Crippen LogP contribution >= 0.6 is 0 Å². The number of hydrogen-bond acceptors (Lipinski definition) is 3. The van der Waals surface area contributed by atoms with Gasteiger partial charge < -0.3 is 14.5 Å². The van der Waals surface area contributed by atoms with Gasteiger partial charge in [-0.3, -0.25) is 4.79 Å². The van der Waals surface area contributed by atoms with Gasteiger partial charge in [-0.1, -0.05) is 18.2 Å². The van der Waals surface area contributed by atoms with E-state index in [-0.39, 0.29) is 12.0 Å². The maximum absolute atomic E-state index is 12.1. The average Bonchev–Trinajstić information content (AvgIpc) is 3.14. The number of nitrogens with one attached hydrogen (secondary N) is 1. The minimum Gasteiger partial charge on any atom is -0.456 e. The van der Waals surface area contributed by atoms with Gasteiger partial charge in [0.05, 0.1) is 0 Å². The first kappa shape index (κ1) is 12.4. The molecule has 0 aliphatic carbocycles. The Bertz CT molecular complexity index is 815. The molecule has 1 saturated heterocycles. The molecule has 0 saturated carbocycles. The second kappa shape index (κ2) is 4.90. The number of hydrogen-bond donors (Lipinski definition) is 1. The molecule has 1 fully saturated rings. The molecular weight excluding hydrogens is 266 g/mol. The lowest BCUT2D eigenvalue weighted by Crippen LogP contribution is -2.26. The van der Waals surface area contributed by atoms with Crippen LogP contribution in [0.15, 0.2) is 46.9 Å². The summed E-state index contributed by atoms with van der Waals surface area (Å²) in [7, 11) is 0. The highest BCUT2D eigenvalue weighted by atomic mass is 16.5. The Hall–Kier alpha value is -2.33. The van der Waals surface area contributed by atoms with Gasteiger partial charge in [0.15, 0.2) is 0 Å². The molecule has 1 unspecified atom stereocenters. The van der Waals surface area contributed by atoms with Crippen molar-refractivity contribution in [2.45, 2.75) is 18.9 Å². The molecule has 3 aromatic rings. The summed E-state index contributed by atoms with van der Waals surface area (Å²) in [4.78, 5) is 12.1. The summed E-state index contributed by atoms with van der Waals surface area (Å²) in [6.07, 6.45) is 1.41. The van der Waals surface area contributed by atoms with Crippen molar-refractivity contribution in [3.63, 3.8) is 0 Å². The monoisotopic (exact) mass is 281 g/mol. The Morgan fingerprint density at radius 2 is 1.95 bits per heavy atom. The number of benzene rings is 2. The molecular formula is C17H15NO3. The summed E-state index contributed by atoms with van der Waals surface area (Å²) in [5.41, 5.74) is 2.37. The van der Waals surface area contributed by atoms with Gasteiger partial charge >= 0.3 is 0 Å². The Morgan fingerprint density at radius 3 is 2.81 bits per heavy atom. The third-order valence-electron chi connectivity index (χ3n) is 3.87. The van der Waals surface area contributed by atoms with Gasteiger partial charge in [0, 0.05) is 29.1 Å². The molecule has 21 heavy (non-hydrogen) atoms. The number of para-hydroxylation sites is 1. The van der Waals surface area contributed by atoms with E-state index >= 15 is 0 Å². The fourth-order valence-corrected chi connectivity index (χ4v) is 2.81. The van der Waals surface area contributed by atoms with Crippen molar-refractivity contribution >= 4 is 33.5 Å². The zero-order valence-corrected chi connectivity index (χ0v) is 11.5. The van der Waals surface area contributed by atoms with E-state index in [1.807, 2.05) is 42.5 Å². The van der Waals surface area contributed by atoms with Crippen LogP contribution in [0.3, 0.4) is 0 Å². The third kappa shape index (κ3) is 2.17. The molecule has 0 radical (unpaired) electrons. The maximum atomic E-state index is 12.1. The molecule has 1 aromatic heterocycles. The molecule has 2 heterocycles. The number of carbonyl (C=O) groups is 1. The molecule has 1 atom stereocenters. The standard InChI is InChI=1S/C17H15NO3/c19-17(15-6-3-9-20-15)18-11-7-8-13-12-4-1-2-5-14(12)21-16(13)10-11/h1-2,4-5,7-8,10,15H,3,6,9H2,(H,18,19). The fourth-order valence-electron chi connectivity index (χ4n) is 2.81. The largest absolute Gasteiger partial charge is 0.456 e. The van der Waals surface area contributed by atoms with Crippen LogP contribution in [0, 0.1) is 0 Å². The second-order valence-electron chi connectivity index (χ2n) is 5.30. The zero-order chi connectivity index (χ0) is 14.2. The summed E-state index contributed by atoms with van der Waals surface area (Å²) in [5.74, 6) is -0.0806. The highest BCUT2D eigenvalue weighted by Crippen LogP contribution is 2.30. The van der Waals surface area contributed by atoms with E-state index < -0.39 is 0 Å². The van der Waals surface area contributed by atoms with Gasteiger partial charge in [0.25, 0.3) is 5.91 Å². The van der Waals surface area contributed by atoms with Crippen molar-refractivity contribution in [1.82, 2.24) is 0 Å². The number of amides is 1. The normalized spacial score (nSPS) is 18.4. The van der Waals surface area contributed by atoms with E-state index in [0.717, 1.165) is 40.5 Å². The molecule has 4 heteroatoms. The van der Waals surface area contributed by atoms with Gasteiger partial charge in [-0.15, -0.1) is 0 Å². The van der Waals surface area contributed by atoms with Crippen molar-refractivity contribution in [1.29, 1.82) is 0 Å². The minimum absolute atomic E-state index is 0.0806. The van der Waals surface area contributed by atoms with Gasteiger partial charge in [0.1, 0.15) is 17.3 Å². The van der Waals surface area contributed by atoms with E-state index in [1.54, 1.807) is 0 Å². The van der Waals surface area contributed by atoms with Crippen LogP contribution in [0.5, 0.6) is 0 Å². The molecule has 1 aliphatic heterocycles. The lowest BCUT2D eigenvalue weighted by atomic mass is 10.1. The first-order chi connectivity index (χ1) is 10.3. The number of ether oxygens (including phenoxy) is 1. The molecule has 4 nitrogen and oxygen atoms in total. The Labute approximate surface area is 121 Å². The first-order valence-corrected chi connectivity index (χ1v) is 7.15. The quantitative estimate of drug-likeness (QED) is 0.779. The highest BCUT2D eigenvalue weighted by Gasteiger charge is 2.23. The van der Waals surface area contributed by atoms with E-state index in [9.17, 15) is 4.79 Å². The van der Waals surface area contributed by atoms with Crippen molar-refractivity contribution in [3.05, 3.63) is 42.5 Å². The lowest BCUT2D eigenvalue weighted by Gasteiger charge is -2.10. The lowest BCUT2D eigenvalue weighted by molar-refractivity contribution is -0.124. The van der Waals surface area contributed by atoms with Crippen LogP contribution in [0.25, 0.3) is 21.9 Å². The van der Waals surface area contributed by atoms with Crippen molar-refractivity contribution in [3.8, 4) is 0 Å². The topological polar surface area (TPSA) is 51.5 Å². The minimum atomic E-state index is -0.323. The Balaban J connectivity index is 1.67. The van der Waals surface area contributed by atoms with Gasteiger partial charge in [-0.2, -0.15) is 0 Å². The third-order valence-corrected chi connectivity index (χ3v) is 3.87. The number of anilines is 1. The molecule has 1 amide bonds. The van der Waals surface area contributed by atoms with Crippen LogP contribution in [0.2, 0.25) is 0 Å². The van der Waals surface area contributed by atoms with Crippen LogP contribution in [-0.2, 0) is 9.53 Å². The highest BCUT2D eigenvalue weighted by molar-refractivity contribution is 6.06. The van der Waals surface area contributed by atoms with E-state index in [2.05, 4.69) is 5.32 Å². The predicted octanol–water partition coefficient (Wildman–Crippen LogP) is 3.70. The molecule has 1 aliphatic rings. The van der Waals surface area contributed by atoms with Crippen molar-refractivity contribution in [2.75, 3.05) is 11.9 Å². The summed E-state index contributed by atoms with van der Waals surface area (Å²) >= 11 is 0. The number of fused-ring (bicyclic) bond motifs is 3. The van der Waals surface area contributed by atoms with E-state index in [0.29, 0.717) is 6.61 Å². The Morgan fingerprint density at radius 1 is 1.10 bits per heavy atom. The average molecular weight is 281 g/mol. The van der Waals surface area contributed by atoms with Crippen molar-refractivity contribution < 1.29 is 13.9 Å². The summed E-state index contributed by atoms with van der Waals surface area (Å²) in [5, 5.41) is 5.04. The summed E-state index contributed by atoms with van der Waals surface area (Å²) < 4.78 is 11.2. The maximum Gasteiger partial charge on any atom is 0.253 e. The van der Waals surface area contributed by atoms with Gasteiger partial charge in [-0.05, 0) is 31.0 Å². The smallest absolute Gasteiger partial charge is 0.253 e.